The number of nitroso groups, excluding NO2 is 1. The lowest BCUT2D eigenvalue weighted by Gasteiger charge is -2.36. The molecule has 1 unspecified atom stereocenters. The van der Waals surface area contributed by atoms with Crippen LogP contribution in [0, 0.1) is 4.91 Å². The van der Waals surface area contributed by atoms with Gasteiger partial charge in [-0.05, 0) is 30.5 Å². The molecule has 0 saturated carbocycles. The zero-order valence-corrected chi connectivity index (χ0v) is 17.3. The molecule has 1 aliphatic heterocycles. The highest BCUT2D eigenvalue weighted by Crippen LogP contribution is 2.31. The fourth-order valence-corrected chi connectivity index (χ4v) is 5.17. The van der Waals surface area contributed by atoms with Crippen molar-refractivity contribution in [1.82, 2.24) is 9.88 Å². The van der Waals surface area contributed by atoms with E-state index < -0.39 is 0 Å². The van der Waals surface area contributed by atoms with Gasteiger partial charge >= 0.3 is 0 Å². The number of hydrogen-bond acceptors (Lipinski definition) is 7. The molecular formula is C20H22N4O2S2. The van der Waals surface area contributed by atoms with Crippen LogP contribution in [0.5, 0.6) is 0 Å². The predicted octanol–water partition coefficient (Wildman–Crippen LogP) is 3.94. The molecular weight excluding hydrogens is 392 g/mol. The molecule has 1 fully saturated rings. The van der Waals surface area contributed by atoms with Gasteiger partial charge in [0.2, 0.25) is 0 Å². The van der Waals surface area contributed by atoms with E-state index in [9.17, 15) is 9.70 Å². The Labute approximate surface area is 171 Å². The lowest BCUT2D eigenvalue weighted by atomic mass is 10.1. The molecule has 4 rings (SSSR count). The monoisotopic (exact) mass is 414 g/mol. The number of rotatable bonds is 6. The number of para-hydroxylation sites is 1. The number of anilines is 1. The maximum Gasteiger partial charge on any atom is 0.271 e. The Balaban J connectivity index is 1.42. The van der Waals surface area contributed by atoms with Crippen LogP contribution in [-0.4, -0.2) is 48.9 Å². The number of piperazine rings is 1. The van der Waals surface area contributed by atoms with Gasteiger partial charge in [0, 0.05) is 48.5 Å². The number of fused-ring (bicyclic) bond motifs is 1. The highest BCUT2D eigenvalue weighted by molar-refractivity contribution is 8.00. The third kappa shape index (κ3) is 3.99. The van der Waals surface area contributed by atoms with Crippen LogP contribution in [0.1, 0.15) is 10.9 Å². The van der Waals surface area contributed by atoms with Crippen molar-refractivity contribution in [2.75, 3.05) is 43.9 Å². The number of aromatic amines is 1. The van der Waals surface area contributed by atoms with Crippen LogP contribution in [0.3, 0.4) is 0 Å². The van der Waals surface area contributed by atoms with Crippen molar-refractivity contribution in [3.05, 3.63) is 62.6 Å². The number of H-pyrrole nitrogens is 1. The van der Waals surface area contributed by atoms with Gasteiger partial charge in [0.1, 0.15) is 11.7 Å². The second-order valence-electron chi connectivity index (χ2n) is 6.84. The Morgan fingerprint density at radius 1 is 1.18 bits per heavy atom. The summed E-state index contributed by atoms with van der Waals surface area (Å²) in [7, 11) is 0. The molecule has 0 amide bonds. The number of pyridine rings is 1. The van der Waals surface area contributed by atoms with E-state index in [4.69, 9.17) is 0 Å². The standard InChI is InChI=1S/C20H22N4O2S2/c1-27-19-7-6-18(28-19)16(22-26)13-23-8-10-24(11-9-23)17-12-14-4-2-3-5-15(14)21-20(17)25/h2-7,12,16H,8-11,13H2,1H3,(H,21,25). The van der Waals surface area contributed by atoms with Crippen LogP contribution in [-0.2, 0) is 0 Å². The van der Waals surface area contributed by atoms with E-state index in [0.717, 1.165) is 42.0 Å². The van der Waals surface area contributed by atoms with Crippen LogP contribution < -0.4 is 10.5 Å². The minimum absolute atomic E-state index is 0.0530. The molecule has 3 aromatic rings. The van der Waals surface area contributed by atoms with E-state index in [2.05, 4.69) is 20.0 Å². The summed E-state index contributed by atoms with van der Waals surface area (Å²) in [5.74, 6) is 0. The van der Waals surface area contributed by atoms with Gasteiger partial charge in [0.25, 0.3) is 5.56 Å². The normalized spacial score (nSPS) is 16.4. The first-order valence-electron chi connectivity index (χ1n) is 9.23. The SMILES string of the molecule is CSc1ccc(C(CN2CCN(c3cc4ccccc4[nH]c3=O)CC2)N=O)s1. The summed E-state index contributed by atoms with van der Waals surface area (Å²) < 4.78 is 1.20. The quantitative estimate of drug-likeness (QED) is 0.489. The van der Waals surface area contributed by atoms with Crippen molar-refractivity contribution >= 4 is 39.7 Å². The van der Waals surface area contributed by atoms with Crippen molar-refractivity contribution < 1.29 is 0 Å². The Kier molecular flexibility index (Phi) is 5.79. The van der Waals surface area contributed by atoms with Gasteiger partial charge in [-0.1, -0.05) is 23.4 Å². The van der Waals surface area contributed by atoms with Gasteiger partial charge in [-0.3, -0.25) is 9.69 Å². The zero-order chi connectivity index (χ0) is 19.5. The molecule has 6 nitrogen and oxygen atoms in total. The van der Waals surface area contributed by atoms with Crippen LogP contribution in [0.2, 0.25) is 0 Å². The molecule has 146 valence electrons. The topological polar surface area (TPSA) is 68.8 Å². The first-order valence-corrected chi connectivity index (χ1v) is 11.3. The molecule has 0 radical (unpaired) electrons. The smallest absolute Gasteiger partial charge is 0.271 e. The number of thioether (sulfide) groups is 1. The number of nitrogens with one attached hydrogen (secondary N) is 1. The fraction of sp³-hybridized carbons (Fsp3) is 0.350. The molecule has 1 aromatic carbocycles. The van der Waals surface area contributed by atoms with Gasteiger partial charge in [0.05, 0.1) is 4.21 Å². The van der Waals surface area contributed by atoms with E-state index in [-0.39, 0.29) is 11.6 Å². The lowest BCUT2D eigenvalue weighted by Crippen LogP contribution is -2.48. The Morgan fingerprint density at radius 3 is 2.68 bits per heavy atom. The number of hydrogen-bond donors (Lipinski definition) is 1. The molecule has 1 N–H and O–H groups in total. The number of nitrogens with zero attached hydrogens (tertiary/aromatic N) is 3. The second-order valence-corrected chi connectivity index (χ2v) is 9.06. The molecule has 28 heavy (non-hydrogen) atoms. The summed E-state index contributed by atoms with van der Waals surface area (Å²) in [5, 5.41) is 4.40. The summed E-state index contributed by atoms with van der Waals surface area (Å²) in [5.41, 5.74) is 1.52. The molecule has 1 saturated heterocycles. The molecule has 8 heteroatoms. The van der Waals surface area contributed by atoms with Crippen LogP contribution >= 0.6 is 23.1 Å². The molecule has 2 aromatic heterocycles. The van der Waals surface area contributed by atoms with E-state index in [0.29, 0.717) is 12.2 Å². The molecule has 0 aliphatic carbocycles. The number of aromatic nitrogens is 1. The molecule has 3 heterocycles. The first kappa shape index (κ1) is 19.2. The second kappa shape index (κ2) is 8.46. The van der Waals surface area contributed by atoms with Gasteiger partial charge in [-0.2, -0.15) is 4.91 Å². The molecule has 0 bridgehead atoms. The summed E-state index contributed by atoms with van der Waals surface area (Å²) >= 11 is 3.33. The largest absolute Gasteiger partial charge is 0.365 e. The summed E-state index contributed by atoms with van der Waals surface area (Å²) in [6, 6.07) is 13.5. The highest BCUT2D eigenvalue weighted by atomic mass is 32.2. The third-order valence-corrected chi connectivity index (χ3v) is 7.41. The fourth-order valence-electron chi connectivity index (χ4n) is 3.59. The van der Waals surface area contributed by atoms with E-state index in [1.807, 2.05) is 48.7 Å². The van der Waals surface area contributed by atoms with E-state index in [1.165, 1.54) is 4.21 Å². The van der Waals surface area contributed by atoms with Gasteiger partial charge in [-0.15, -0.1) is 23.1 Å². The van der Waals surface area contributed by atoms with Gasteiger partial charge < -0.3 is 9.88 Å². The maximum atomic E-state index is 12.5. The van der Waals surface area contributed by atoms with Crippen LogP contribution in [0.15, 0.2) is 56.6 Å². The van der Waals surface area contributed by atoms with Crippen molar-refractivity contribution in [1.29, 1.82) is 0 Å². The minimum Gasteiger partial charge on any atom is -0.365 e. The zero-order valence-electron chi connectivity index (χ0n) is 15.6. The Bertz CT molecular complexity index is 1020. The van der Waals surface area contributed by atoms with Gasteiger partial charge in [0.15, 0.2) is 0 Å². The Morgan fingerprint density at radius 2 is 1.96 bits per heavy atom. The third-order valence-electron chi connectivity index (χ3n) is 5.14. The number of benzene rings is 1. The highest BCUT2D eigenvalue weighted by Gasteiger charge is 2.24. The van der Waals surface area contributed by atoms with Crippen LogP contribution in [0.25, 0.3) is 10.9 Å². The molecule has 0 spiro atoms. The summed E-state index contributed by atoms with van der Waals surface area (Å²) in [4.78, 5) is 32.3. The lowest BCUT2D eigenvalue weighted by molar-refractivity contribution is 0.244. The summed E-state index contributed by atoms with van der Waals surface area (Å²) in [6.45, 7) is 3.75. The van der Waals surface area contributed by atoms with Crippen molar-refractivity contribution in [2.24, 2.45) is 5.18 Å². The van der Waals surface area contributed by atoms with Crippen molar-refractivity contribution in [2.45, 2.75) is 10.3 Å². The first-order chi connectivity index (χ1) is 13.7. The maximum absolute atomic E-state index is 12.5. The molecule has 1 atom stereocenters. The average molecular weight is 415 g/mol. The van der Waals surface area contributed by atoms with Crippen molar-refractivity contribution in [3.8, 4) is 0 Å². The van der Waals surface area contributed by atoms with Gasteiger partial charge in [-0.25, -0.2) is 0 Å². The molecule has 1 aliphatic rings. The van der Waals surface area contributed by atoms with E-state index >= 15 is 0 Å². The predicted molar refractivity (Wildman–Crippen MR) is 118 cm³/mol. The van der Waals surface area contributed by atoms with E-state index in [1.54, 1.807) is 23.1 Å². The average Bonchev–Trinajstić information content (AvgIpc) is 3.21. The van der Waals surface area contributed by atoms with Crippen LogP contribution in [0.4, 0.5) is 5.69 Å². The Hall–Kier alpha value is -2.16. The van der Waals surface area contributed by atoms with Crippen molar-refractivity contribution in [3.63, 3.8) is 0 Å². The minimum atomic E-state index is -0.332. The number of thiophene rings is 1. The summed E-state index contributed by atoms with van der Waals surface area (Å²) in [6.07, 6.45) is 2.03.